The van der Waals surface area contributed by atoms with Gasteiger partial charge in [0.1, 0.15) is 5.75 Å². The molecule has 3 nitrogen and oxygen atoms in total. The average Bonchev–Trinajstić information content (AvgIpc) is 2.75. The van der Waals surface area contributed by atoms with Crippen LogP contribution in [0.25, 0.3) is 0 Å². The van der Waals surface area contributed by atoms with Crippen LogP contribution in [-0.2, 0) is 0 Å². The number of aryl methyl sites for hydroxylation is 2. The summed E-state index contributed by atoms with van der Waals surface area (Å²) in [5.41, 5.74) is 2.32. The van der Waals surface area contributed by atoms with Crippen molar-refractivity contribution in [2.75, 3.05) is 13.7 Å². The van der Waals surface area contributed by atoms with Crippen LogP contribution in [0.1, 0.15) is 34.1 Å². The normalized spacial score (nSPS) is 12.4. The summed E-state index contributed by atoms with van der Waals surface area (Å²) in [5, 5.41) is 4.65. The molecule has 2 aromatic rings. The summed E-state index contributed by atoms with van der Waals surface area (Å²) in [7, 11) is 1.70. The Morgan fingerprint density at radius 3 is 2.74 bits per heavy atom. The molecule has 0 saturated heterocycles. The third kappa shape index (κ3) is 3.14. The Bertz CT molecular complexity index is 551. The maximum absolute atomic E-state index is 5.31. The van der Waals surface area contributed by atoms with Gasteiger partial charge in [0, 0.05) is 4.88 Å². The van der Waals surface area contributed by atoms with Gasteiger partial charge >= 0.3 is 0 Å². The molecule has 2 rings (SSSR count). The molecule has 1 unspecified atom stereocenters. The monoisotopic (exact) mass is 276 g/mol. The van der Waals surface area contributed by atoms with E-state index in [0.717, 1.165) is 23.0 Å². The lowest BCUT2D eigenvalue weighted by atomic mass is 10.0. The first-order valence-electron chi connectivity index (χ1n) is 6.47. The van der Waals surface area contributed by atoms with Crippen LogP contribution in [0.3, 0.4) is 0 Å². The Morgan fingerprint density at radius 1 is 1.37 bits per heavy atom. The summed E-state index contributed by atoms with van der Waals surface area (Å²) in [4.78, 5) is 5.81. The number of ether oxygens (including phenoxy) is 1. The van der Waals surface area contributed by atoms with Gasteiger partial charge in [-0.1, -0.05) is 19.1 Å². The molecule has 0 aliphatic heterocycles. The predicted octanol–water partition coefficient (Wildman–Crippen LogP) is 3.47. The smallest absolute Gasteiger partial charge is 0.119 e. The van der Waals surface area contributed by atoms with E-state index in [1.54, 1.807) is 18.4 Å². The van der Waals surface area contributed by atoms with Crippen molar-refractivity contribution < 1.29 is 4.74 Å². The number of aromatic nitrogens is 1. The summed E-state index contributed by atoms with van der Waals surface area (Å²) in [5.74, 6) is 0.888. The van der Waals surface area contributed by atoms with Crippen LogP contribution in [0.4, 0.5) is 0 Å². The van der Waals surface area contributed by atoms with Crippen molar-refractivity contribution in [1.82, 2.24) is 10.3 Å². The molecular formula is C15H20N2OS. The van der Waals surface area contributed by atoms with Gasteiger partial charge in [-0.2, -0.15) is 0 Å². The summed E-state index contributed by atoms with van der Waals surface area (Å²) >= 11 is 1.76. The molecule has 1 N–H and O–H groups in total. The van der Waals surface area contributed by atoms with Crippen LogP contribution in [0.15, 0.2) is 24.3 Å². The van der Waals surface area contributed by atoms with Gasteiger partial charge in [-0.05, 0) is 38.1 Å². The quantitative estimate of drug-likeness (QED) is 0.908. The summed E-state index contributed by atoms with van der Waals surface area (Å²) < 4.78 is 5.31. The minimum atomic E-state index is 0.186. The van der Waals surface area contributed by atoms with E-state index in [1.165, 1.54) is 10.4 Å². The molecule has 102 valence electrons. The molecule has 1 aromatic carbocycles. The Labute approximate surface area is 118 Å². The van der Waals surface area contributed by atoms with E-state index in [-0.39, 0.29) is 6.04 Å². The first-order chi connectivity index (χ1) is 9.15. The van der Waals surface area contributed by atoms with Gasteiger partial charge < -0.3 is 10.1 Å². The van der Waals surface area contributed by atoms with Crippen molar-refractivity contribution in [3.8, 4) is 5.75 Å². The minimum absolute atomic E-state index is 0.186. The first-order valence-corrected chi connectivity index (χ1v) is 7.28. The number of thiazole rings is 1. The molecule has 0 radical (unpaired) electrons. The van der Waals surface area contributed by atoms with E-state index in [1.807, 2.05) is 12.1 Å². The maximum atomic E-state index is 5.31. The topological polar surface area (TPSA) is 34.1 Å². The van der Waals surface area contributed by atoms with Crippen LogP contribution in [0.5, 0.6) is 5.75 Å². The van der Waals surface area contributed by atoms with Crippen LogP contribution in [0.2, 0.25) is 0 Å². The fraction of sp³-hybridized carbons (Fsp3) is 0.400. The van der Waals surface area contributed by atoms with Crippen molar-refractivity contribution in [2.24, 2.45) is 0 Å². The van der Waals surface area contributed by atoms with Gasteiger partial charge in [0.15, 0.2) is 0 Å². The van der Waals surface area contributed by atoms with E-state index in [0.29, 0.717) is 0 Å². The van der Waals surface area contributed by atoms with Crippen LogP contribution < -0.4 is 10.1 Å². The molecule has 0 amide bonds. The van der Waals surface area contributed by atoms with Gasteiger partial charge in [0.05, 0.1) is 23.9 Å². The van der Waals surface area contributed by atoms with Crippen molar-refractivity contribution in [2.45, 2.75) is 26.8 Å². The number of benzene rings is 1. The highest BCUT2D eigenvalue weighted by atomic mass is 32.1. The highest BCUT2D eigenvalue weighted by Crippen LogP contribution is 2.31. The largest absolute Gasteiger partial charge is 0.497 e. The molecule has 0 bridgehead atoms. The standard InChI is InChI=1S/C15H20N2OS/c1-5-16-14(15-10(2)17-11(3)19-15)12-7-6-8-13(9-12)18-4/h6-9,14,16H,5H2,1-4H3. The molecule has 1 heterocycles. The average molecular weight is 276 g/mol. The molecule has 1 aromatic heterocycles. The van der Waals surface area contributed by atoms with Gasteiger partial charge in [-0.3, -0.25) is 0 Å². The lowest BCUT2D eigenvalue weighted by Crippen LogP contribution is -2.21. The van der Waals surface area contributed by atoms with Crippen molar-refractivity contribution in [1.29, 1.82) is 0 Å². The second-order valence-corrected chi connectivity index (χ2v) is 5.68. The molecule has 0 aliphatic carbocycles. The molecular weight excluding hydrogens is 256 g/mol. The Hall–Kier alpha value is -1.39. The third-order valence-electron chi connectivity index (χ3n) is 3.04. The number of nitrogens with zero attached hydrogens (tertiary/aromatic N) is 1. The fourth-order valence-electron chi connectivity index (χ4n) is 2.20. The van der Waals surface area contributed by atoms with E-state index >= 15 is 0 Å². The van der Waals surface area contributed by atoms with Gasteiger partial charge in [0.25, 0.3) is 0 Å². The zero-order valence-electron chi connectivity index (χ0n) is 11.9. The van der Waals surface area contributed by atoms with Crippen molar-refractivity contribution in [3.63, 3.8) is 0 Å². The molecule has 4 heteroatoms. The second kappa shape index (κ2) is 6.17. The molecule has 0 spiro atoms. The highest BCUT2D eigenvalue weighted by Gasteiger charge is 2.19. The molecule has 0 saturated carbocycles. The predicted molar refractivity (Wildman–Crippen MR) is 80.1 cm³/mol. The number of hydrogen-bond donors (Lipinski definition) is 1. The van der Waals surface area contributed by atoms with E-state index in [2.05, 4.69) is 43.2 Å². The number of rotatable bonds is 5. The second-order valence-electron chi connectivity index (χ2n) is 4.45. The first kappa shape index (κ1) is 14.0. The Balaban J connectivity index is 2.41. The molecule has 0 fully saturated rings. The summed E-state index contributed by atoms with van der Waals surface area (Å²) in [6.45, 7) is 7.16. The highest BCUT2D eigenvalue weighted by molar-refractivity contribution is 7.11. The van der Waals surface area contributed by atoms with Crippen molar-refractivity contribution in [3.05, 3.63) is 45.4 Å². The van der Waals surface area contributed by atoms with Crippen molar-refractivity contribution >= 4 is 11.3 Å². The molecule has 19 heavy (non-hydrogen) atoms. The Kier molecular flexibility index (Phi) is 4.56. The van der Waals surface area contributed by atoms with Crippen LogP contribution in [0, 0.1) is 13.8 Å². The lowest BCUT2D eigenvalue weighted by molar-refractivity contribution is 0.413. The number of nitrogens with one attached hydrogen (secondary N) is 1. The zero-order valence-corrected chi connectivity index (χ0v) is 12.7. The third-order valence-corrected chi connectivity index (χ3v) is 4.17. The molecule has 1 atom stereocenters. The minimum Gasteiger partial charge on any atom is -0.497 e. The van der Waals surface area contributed by atoms with E-state index in [4.69, 9.17) is 4.74 Å². The van der Waals surface area contributed by atoms with Crippen LogP contribution >= 0.6 is 11.3 Å². The SMILES string of the molecule is CCNC(c1cccc(OC)c1)c1sc(C)nc1C. The van der Waals surface area contributed by atoms with Gasteiger partial charge in [0.2, 0.25) is 0 Å². The number of methoxy groups -OCH3 is 1. The zero-order chi connectivity index (χ0) is 13.8. The summed E-state index contributed by atoms with van der Waals surface area (Å²) in [6.07, 6.45) is 0. The van der Waals surface area contributed by atoms with Gasteiger partial charge in [-0.15, -0.1) is 11.3 Å². The lowest BCUT2D eigenvalue weighted by Gasteiger charge is -2.18. The maximum Gasteiger partial charge on any atom is 0.119 e. The fourth-order valence-corrected chi connectivity index (χ4v) is 3.23. The van der Waals surface area contributed by atoms with E-state index < -0.39 is 0 Å². The van der Waals surface area contributed by atoms with Crippen LogP contribution in [-0.4, -0.2) is 18.6 Å². The Morgan fingerprint density at radius 2 is 2.16 bits per heavy atom. The molecule has 0 aliphatic rings. The number of hydrogen-bond acceptors (Lipinski definition) is 4. The van der Waals surface area contributed by atoms with Gasteiger partial charge in [-0.25, -0.2) is 4.98 Å². The van der Waals surface area contributed by atoms with E-state index in [9.17, 15) is 0 Å². The summed E-state index contributed by atoms with van der Waals surface area (Å²) in [6, 6.07) is 8.40.